The van der Waals surface area contributed by atoms with Gasteiger partial charge in [0.2, 0.25) is 10.0 Å². The maximum absolute atomic E-state index is 11.9. The number of hydrogen-bond acceptors (Lipinski definition) is 3. The average molecular weight is 242 g/mol. The van der Waals surface area contributed by atoms with E-state index >= 15 is 0 Å². The lowest BCUT2D eigenvalue weighted by atomic mass is 10.3. The summed E-state index contributed by atoms with van der Waals surface area (Å²) in [6, 6.07) is 3.67. The fraction of sp³-hybridized carbons (Fsp3) is 0.545. The molecule has 90 valence electrons. The molecule has 0 aliphatic carbocycles. The third-order valence-corrected chi connectivity index (χ3v) is 4.41. The van der Waals surface area contributed by atoms with Gasteiger partial charge in [-0.15, -0.1) is 0 Å². The van der Waals surface area contributed by atoms with Gasteiger partial charge in [-0.05, 0) is 24.1 Å². The summed E-state index contributed by atoms with van der Waals surface area (Å²) in [5.41, 5.74) is 0.969. The van der Waals surface area contributed by atoms with Crippen LogP contribution in [0.4, 0.5) is 0 Å². The molecule has 16 heavy (non-hydrogen) atoms. The molecule has 1 rings (SSSR count). The van der Waals surface area contributed by atoms with Gasteiger partial charge in [0.15, 0.2) is 0 Å². The Morgan fingerprint density at radius 1 is 1.25 bits per heavy atom. The SMILES string of the molecule is CCCS(=O)(=O)N(CC)Cc1ccncc1. The molecule has 0 fully saturated rings. The van der Waals surface area contributed by atoms with Crippen molar-refractivity contribution in [3.63, 3.8) is 0 Å². The summed E-state index contributed by atoms with van der Waals surface area (Å²) in [6.07, 6.45) is 4.00. The summed E-state index contributed by atoms with van der Waals surface area (Å²) in [5, 5.41) is 0. The van der Waals surface area contributed by atoms with Gasteiger partial charge in [-0.3, -0.25) is 4.98 Å². The summed E-state index contributed by atoms with van der Waals surface area (Å²) in [7, 11) is -3.11. The van der Waals surface area contributed by atoms with Crippen LogP contribution < -0.4 is 0 Å². The number of hydrogen-bond donors (Lipinski definition) is 0. The Labute approximate surface area is 97.4 Å². The molecule has 0 amide bonds. The second-order valence-electron chi connectivity index (χ2n) is 3.60. The highest BCUT2D eigenvalue weighted by Gasteiger charge is 2.19. The maximum atomic E-state index is 11.9. The lowest BCUT2D eigenvalue weighted by Gasteiger charge is -2.20. The molecule has 0 aromatic carbocycles. The molecule has 0 unspecified atom stereocenters. The van der Waals surface area contributed by atoms with Gasteiger partial charge in [0.1, 0.15) is 0 Å². The first-order valence-corrected chi connectivity index (χ1v) is 7.07. The molecule has 4 nitrogen and oxygen atoms in total. The molecule has 0 N–H and O–H groups in total. The first-order valence-electron chi connectivity index (χ1n) is 5.47. The molecule has 0 saturated heterocycles. The van der Waals surface area contributed by atoms with Crippen LogP contribution in [0, 0.1) is 0 Å². The Morgan fingerprint density at radius 3 is 2.38 bits per heavy atom. The molecule has 0 aliphatic rings. The van der Waals surface area contributed by atoms with Crippen LogP contribution in [0.5, 0.6) is 0 Å². The van der Waals surface area contributed by atoms with Crippen molar-refractivity contribution in [2.75, 3.05) is 12.3 Å². The van der Waals surface area contributed by atoms with Crippen molar-refractivity contribution in [2.45, 2.75) is 26.8 Å². The van der Waals surface area contributed by atoms with Crippen molar-refractivity contribution >= 4 is 10.0 Å². The molecule has 1 aromatic rings. The lowest BCUT2D eigenvalue weighted by molar-refractivity contribution is 0.423. The zero-order valence-corrected chi connectivity index (χ0v) is 10.6. The molecule has 0 saturated carbocycles. The average Bonchev–Trinajstić information content (AvgIpc) is 2.27. The molecule has 0 bridgehead atoms. The zero-order chi connectivity index (χ0) is 12.0. The van der Waals surface area contributed by atoms with Gasteiger partial charge < -0.3 is 0 Å². The molecule has 5 heteroatoms. The van der Waals surface area contributed by atoms with Crippen molar-refractivity contribution < 1.29 is 8.42 Å². The number of pyridine rings is 1. The third kappa shape index (κ3) is 3.57. The summed E-state index contributed by atoms with van der Waals surface area (Å²) in [4.78, 5) is 3.91. The second kappa shape index (κ2) is 5.96. The van der Waals surface area contributed by atoms with Crippen molar-refractivity contribution in [3.8, 4) is 0 Å². The van der Waals surface area contributed by atoms with Crippen molar-refractivity contribution in [1.29, 1.82) is 0 Å². The van der Waals surface area contributed by atoms with E-state index in [2.05, 4.69) is 4.98 Å². The Kier molecular flexibility index (Phi) is 4.89. The largest absolute Gasteiger partial charge is 0.265 e. The quantitative estimate of drug-likeness (QED) is 0.762. The minimum atomic E-state index is -3.11. The smallest absolute Gasteiger partial charge is 0.214 e. The maximum Gasteiger partial charge on any atom is 0.214 e. The third-order valence-electron chi connectivity index (χ3n) is 2.32. The molecule has 0 atom stereocenters. The summed E-state index contributed by atoms with van der Waals surface area (Å²) < 4.78 is 25.3. The zero-order valence-electron chi connectivity index (χ0n) is 9.76. The highest BCUT2D eigenvalue weighted by atomic mass is 32.2. The van der Waals surface area contributed by atoms with Crippen LogP contribution in [0.3, 0.4) is 0 Å². The first-order chi connectivity index (χ1) is 7.60. The van der Waals surface area contributed by atoms with E-state index in [1.54, 1.807) is 12.4 Å². The number of sulfonamides is 1. The Morgan fingerprint density at radius 2 is 1.88 bits per heavy atom. The van der Waals surface area contributed by atoms with Gasteiger partial charge in [0.05, 0.1) is 5.75 Å². The van der Waals surface area contributed by atoms with Crippen LogP contribution in [-0.2, 0) is 16.6 Å². The predicted octanol–water partition coefficient (Wildman–Crippen LogP) is 1.64. The van der Waals surface area contributed by atoms with Crippen LogP contribution >= 0.6 is 0 Å². The van der Waals surface area contributed by atoms with E-state index in [1.807, 2.05) is 26.0 Å². The van der Waals surface area contributed by atoms with Gasteiger partial charge in [0, 0.05) is 25.5 Å². The lowest BCUT2D eigenvalue weighted by Crippen LogP contribution is -2.32. The van der Waals surface area contributed by atoms with Crippen molar-refractivity contribution in [3.05, 3.63) is 30.1 Å². The van der Waals surface area contributed by atoms with E-state index in [1.165, 1.54) is 4.31 Å². The molecular weight excluding hydrogens is 224 g/mol. The van der Waals surface area contributed by atoms with Gasteiger partial charge in [-0.1, -0.05) is 13.8 Å². The fourth-order valence-corrected chi connectivity index (χ4v) is 3.00. The van der Waals surface area contributed by atoms with Crippen molar-refractivity contribution in [1.82, 2.24) is 9.29 Å². The molecule has 1 aromatic heterocycles. The van der Waals surface area contributed by atoms with Gasteiger partial charge in [-0.25, -0.2) is 8.42 Å². The Hall–Kier alpha value is -0.940. The van der Waals surface area contributed by atoms with Gasteiger partial charge in [0.25, 0.3) is 0 Å². The van der Waals surface area contributed by atoms with Gasteiger partial charge >= 0.3 is 0 Å². The van der Waals surface area contributed by atoms with Crippen molar-refractivity contribution in [2.24, 2.45) is 0 Å². The second-order valence-corrected chi connectivity index (χ2v) is 5.69. The van der Waals surface area contributed by atoms with Gasteiger partial charge in [-0.2, -0.15) is 4.31 Å². The van der Waals surface area contributed by atoms with E-state index in [0.717, 1.165) is 5.56 Å². The van der Waals surface area contributed by atoms with E-state index in [-0.39, 0.29) is 5.75 Å². The fourth-order valence-electron chi connectivity index (χ4n) is 1.49. The predicted molar refractivity (Wildman–Crippen MR) is 64.4 cm³/mol. The monoisotopic (exact) mass is 242 g/mol. The van der Waals surface area contributed by atoms with Crippen LogP contribution in [0.25, 0.3) is 0 Å². The normalized spacial score (nSPS) is 11.9. The summed E-state index contributed by atoms with van der Waals surface area (Å²) in [6.45, 7) is 4.66. The minimum Gasteiger partial charge on any atom is -0.265 e. The number of nitrogens with zero attached hydrogens (tertiary/aromatic N) is 2. The molecule has 0 aliphatic heterocycles. The van der Waals surface area contributed by atoms with Crippen LogP contribution in [-0.4, -0.2) is 30.0 Å². The van der Waals surface area contributed by atoms with Crippen LogP contribution in [0.1, 0.15) is 25.8 Å². The van der Waals surface area contributed by atoms with E-state index in [4.69, 9.17) is 0 Å². The summed E-state index contributed by atoms with van der Waals surface area (Å²) >= 11 is 0. The molecule has 0 radical (unpaired) electrons. The number of aromatic nitrogens is 1. The van der Waals surface area contributed by atoms with E-state index in [9.17, 15) is 8.42 Å². The number of rotatable bonds is 6. The first kappa shape index (κ1) is 13.1. The minimum absolute atomic E-state index is 0.214. The standard InChI is InChI=1S/C11H18N2O2S/c1-3-9-16(14,15)13(4-2)10-11-5-7-12-8-6-11/h5-8H,3-4,9-10H2,1-2H3. The van der Waals surface area contributed by atoms with E-state index < -0.39 is 10.0 Å². The Bertz CT molecular complexity index is 403. The molecular formula is C11H18N2O2S. The highest BCUT2D eigenvalue weighted by Crippen LogP contribution is 2.09. The molecule has 0 spiro atoms. The highest BCUT2D eigenvalue weighted by molar-refractivity contribution is 7.89. The van der Waals surface area contributed by atoms with E-state index in [0.29, 0.717) is 19.5 Å². The summed E-state index contributed by atoms with van der Waals surface area (Å²) in [5.74, 6) is 0.214. The molecule has 1 heterocycles. The Balaban J connectivity index is 2.77. The van der Waals surface area contributed by atoms with Crippen LogP contribution in [0.15, 0.2) is 24.5 Å². The van der Waals surface area contributed by atoms with Crippen LogP contribution in [0.2, 0.25) is 0 Å². The topological polar surface area (TPSA) is 50.3 Å².